The fourth-order valence-electron chi connectivity index (χ4n) is 1.90. The summed E-state index contributed by atoms with van der Waals surface area (Å²) in [4.78, 5) is 15.5. The maximum atomic E-state index is 11.4. The summed E-state index contributed by atoms with van der Waals surface area (Å²) < 4.78 is 5.66. The van der Waals surface area contributed by atoms with E-state index in [2.05, 4.69) is 4.98 Å². The number of rotatable bonds is 1. The van der Waals surface area contributed by atoms with Crippen molar-refractivity contribution >= 4 is 27.7 Å². The molecule has 0 amide bonds. The van der Waals surface area contributed by atoms with Crippen LogP contribution in [0.15, 0.2) is 40.9 Å². The molecule has 78 valence electrons. The van der Waals surface area contributed by atoms with Gasteiger partial charge in [0, 0.05) is 23.9 Å². The van der Waals surface area contributed by atoms with Gasteiger partial charge >= 0.3 is 0 Å². The van der Waals surface area contributed by atoms with Crippen molar-refractivity contribution in [2.75, 3.05) is 0 Å². The standard InChI is InChI=1S/C13H9NO2/c1-8(15)12-13-10(6-7-14-12)9-4-2-3-5-11(9)16-13/h2-7H,1H3. The number of hydrogen-bond acceptors (Lipinski definition) is 3. The van der Waals surface area contributed by atoms with Gasteiger partial charge in [-0.3, -0.25) is 4.79 Å². The molecule has 0 unspecified atom stereocenters. The highest BCUT2D eigenvalue weighted by Crippen LogP contribution is 2.29. The minimum absolute atomic E-state index is 0.0790. The Morgan fingerprint density at radius 1 is 1.19 bits per heavy atom. The fourth-order valence-corrected chi connectivity index (χ4v) is 1.90. The van der Waals surface area contributed by atoms with Gasteiger partial charge in [0.25, 0.3) is 0 Å². The molecule has 0 radical (unpaired) electrons. The molecule has 3 aromatic rings. The zero-order chi connectivity index (χ0) is 11.1. The van der Waals surface area contributed by atoms with Crippen molar-refractivity contribution in [3.63, 3.8) is 0 Å². The molecule has 0 saturated heterocycles. The monoisotopic (exact) mass is 211 g/mol. The molecule has 0 atom stereocenters. The Morgan fingerprint density at radius 3 is 2.81 bits per heavy atom. The first-order valence-corrected chi connectivity index (χ1v) is 5.04. The minimum atomic E-state index is -0.0790. The van der Waals surface area contributed by atoms with Crippen molar-refractivity contribution in [1.29, 1.82) is 0 Å². The van der Waals surface area contributed by atoms with Crippen molar-refractivity contribution in [3.8, 4) is 0 Å². The summed E-state index contributed by atoms with van der Waals surface area (Å²) in [6, 6.07) is 9.59. The van der Waals surface area contributed by atoms with Gasteiger partial charge in [0.1, 0.15) is 11.3 Å². The summed E-state index contributed by atoms with van der Waals surface area (Å²) in [6.45, 7) is 1.50. The van der Waals surface area contributed by atoms with Gasteiger partial charge in [-0.05, 0) is 12.1 Å². The molecule has 3 heteroatoms. The van der Waals surface area contributed by atoms with Gasteiger partial charge in [0.15, 0.2) is 11.4 Å². The first kappa shape index (κ1) is 9.09. The van der Waals surface area contributed by atoms with Crippen LogP contribution in [0.1, 0.15) is 17.4 Å². The van der Waals surface area contributed by atoms with Crippen LogP contribution in [0.2, 0.25) is 0 Å². The Balaban J connectivity index is 2.54. The number of nitrogens with zero attached hydrogens (tertiary/aromatic N) is 1. The third-order valence-electron chi connectivity index (χ3n) is 2.63. The van der Waals surface area contributed by atoms with Crippen LogP contribution in [-0.2, 0) is 0 Å². The third-order valence-corrected chi connectivity index (χ3v) is 2.63. The van der Waals surface area contributed by atoms with E-state index in [9.17, 15) is 4.79 Å². The number of Topliss-reactive ketones (excluding diaryl/α,β-unsaturated/α-hetero) is 1. The van der Waals surface area contributed by atoms with E-state index in [1.54, 1.807) is 6.20 Å². The molecule has 0 fully saturated rings. The van der Waals surface area contributed by atoms with Crippen molar-refractivity contribution in [3.05, 3.63) is 42.2 Å². The number of hydrogen-bond donors (Lipinski definition) is 0. The Bertz CT molecular complexity index is 697. The van der Waals surface area contributed by atoms with E-state index in [0.29, 0.717) is 11.3 Å². The molecule has 0 aliphatic heterocycles. The number of benzene rings is 1. The predicted molar refractivity (Wildman–Crippen MR) is 61.5 cm³/mol. The lowest BCUT2D eigenvalue weighted by atomic mass is 10.1. The lowest BCUT2D eigenvalue weighted by molar-refractivity contribution is 0.101. The molecule has 3 nitrogen and oxygen atoms in total. The van der Waals surface area contributed by atoms with Crippen molar-refractivity contribution in [2.45, 2.75) is 6.92 Å². The Morgan fingerprint density at radius 2 is 2.00 bits per heavy atom. The van der Waals surface area contributed by atoms with Gasteiger partial charge in [-0.2, -0.15) is 0 Å². The number of fused-ring (bicyclic) bond motifs is 3. The van der Waals surface area contributed by atoms with Gasteiger partial charge in [0.2, 0.25) is 0 Å². The maximum Gasteiger partial charge on any atom is 0.181 e. The van der Waals surface area contributed by atoms with E-state index >= 15 is 0 Å². The van der Waals surface area contributed by atoms with Crippen molar-refractivity contribution < 1.29 is 9.21 Å². The van der Waals surface area contributed by atoms with Crippen LogP contribution in [0.25, 0.3) is 21.9 Å². The second-order valence-electron chi connectivity index (χ2n) is 3.69. The average Bonchev–Trinajstić information content (AvgIpc) is 2.67. The van der Waals surface area contributed by atoms with Crippen molar-refractivity contribution in [1.82, 2.24) is 4.98 Å². The number of pyridine rings is 1. The van der Waals surface area contributed by atoms with E-state index in [1.165, 1.54) is 6.92 Å². The first-order chi connectivity index (χ1) is 7.77. The normalized spacial score (nSPS) is 11.1. The molecule has 0 saturated carbocycles. The number of para-hydroxylation sites is 1. The average molecular weight is 211 g/mol. The molecule has 0 aliphatic rings. The summed E-state index contributed by atoms with van der Waals surface area (Å²) in [6.07, 6.45) is 1.64. The topological polar surface area (TPSA) is 43.1 Å². The zero-order valence-electron chi connectivity index (χ0n) is 8.73. The number of carbonyl (C=O) groups is 1. The van der Waals surface area contributed by atoms with Crippen LogP contribution in [-0.4, -0.2) is 10.8 Å². The minimum Gasteiger partial charge on any atom is -0.454 e. The number of carbonyl (C=O) groups excluding carboxylic acids is 1. The van der Waals surface area contributed by atoms with Crippen LogP contribution >= 0.6 is 0 Å². The van der Waals surface area contributed by atoms with Gasteiger partial charge in [-0.15, -0.1) is 0 Å². The highest BCUT2D eigenvalue weighted by Gasteiger charge is 2.13. The van der Waals surface area contributed by atoms with E-state index in [-0.39, 0.29) is 5.78 Å². The number of furan rings is 1. The fraction of sp³-hybridized carbons (Fsp3) is 0.0769. The SMILES string of the molecule is CC(=O)c1nccc2c1oc1ccccc12. The summed E-state index contributed by atoms with van der Waals surface area (Å²) in [5.41, 5.74) is 1.76. The third kappa shape index (κ3) is 1.15. The molecule has 0 aliphatic carbocycles. The largest absolute Gasteiger partial charge is 0.454 e. The molecular weight excluding hydrogens is 202 g/mol. The highest BCUT2D eigenvalue weighted by molar-refractivity contribution is 6.11. The predicted octanol–water partition coefficient (Wildman–Crippen LogP) is 3.18. The van der Waals surface area contributed by atoms with Gasteiger partial charge < -0.3 is 4.42 Å². The smallest absolute Gasteiger partial charge is 0.181 e. The van der Waals surface area contributed by atoms with Crippen LogP contribution in [0, 0.1) is 0 Å². The molecule has 2 aromatic heterocycles. The molecule has 3 rings (SSSR count). The van der Waals surface area contributed by atoms with E-state index in [4.69, 9.17) is 4.42 Å². The Labute approximate surface area is 91.7 Å². The second kappa shape index (κ2) is 3.17. The summed E-state index contributed by atoms with van der Waals surface area (Å²) in [5.74, 6) is -0.0790. The van der Waals surface area contributed by atoms with Crippen LogP contribution in [0.5, 0.6) is 0 Å². The molecule has 0 bridgehead atoms. The van der Waals surface area contributed by atoms with Crippen LogP contribution in [0.4, 0.5) is 0 Å². The van der Waals surface area contributed by atoms with E-state index in [1.807, 2.05) is 30.3 Å². The maximum absolute atomic E-state index is 11.4. The quantitative estimate of drug-likeness (QED) is 0.580. The summed E-state index contributed by atoms with van der Waals surface area (Å²) in [7, 11) is 0. The van der Waals surface area contributed by atoms with Crippen LogP contribution in [0.3, 0.4) is 0 Å². The molecular formula is C13H9NO2. The molecule has 2 heterocycles. The highest BCUT2D eigenvalue weighted by atomic mass is 16.3. The van der Waals surface area contributed by atoms with E-state index < -0.39 is 0 Å². The molecule has 1 aromatic carbocycles. The number of aromatic nitrogens is 1. The summed E-state index contributed by atoms with van der Waals surface area (Å²) in [5, 5.41) is 1.96. The van der Waals surface area contributed by atoms with Gasteiger partial charge in [-0.1, -0.05) is 18.2 Å². The second-order valence-corrected chi connectivity index (χ2v) is 3.69. The lowest BCUT2D eigenvalue weighted by Gasteiger charge is -1.94. The molecule has 0 N–H and O–H groups in total. The number of ketones is 1. The molecule has 16 heavy (non-hydrogen) atoms. The lowest BCUT2D eigenvalue weighted by Crippen LogP contribution is -1.95. The Kier molecular flexibility index (Phi) is 1.80. The Hall–Kier alpha value is -2.16. The van der Waals surface area contributed by atoms with Crippen LogP contribution < -0.4 is 0 Å². The van der Waals surface area contributed by atoms with E-state index in [0.717, 1.165) is 16.4 Å². The van der Waals surface area contributed by atoms with Crippen molar-refractivity contribution in [2.24, 2.45) is 0 Å². The molecule has 0 spiro atoms. The van der Waals surface area contributed by atoms with Gasteiger partial charge in [0.05, 0.1) is 0 Å². The first-order valence-electron chi connectivity index (χ1n) is 5.04. The van der Waals surface area contributed by atoms with Gasteiger partial charge in [-0.25, -0.2) is 4.98 Å². The zero-order valence-corrected chi connectivity index (χ0v) is 8.73. The summed E-state index contributed by atoms with van der Waals surface area (Å²) >= 11 is 0.